The molecule has 0 spiro atoms. The lowest BCUT2D eigenvalue weighted by molar-refractivity contribution is 0.103. The van der Waals surface area contributed by atoms with Crippen molar-refractivity contribution in [2.24, 2.45) is 0 Å². The third kappa shape index (κ3) is 5.28. The fourth-order valence-corrected chi connectivity index (χ4v) is 5.04. The Bertz CT molecular complexity index is 1020. The number of fused-ring (bicyclic) bond motifs is 1. The Balaban J connectivity index is 2.03. The van der Waals surface area contributed by atoms with Crippen LogP contribution in [0.2, 0.25) is 0 Å². The first-order chi connectivity index (χ1) is 14.5. The van der Waals surface area contributed by atoms with Crippen molar-refractivity contribution in [3.05, 3.63) is 54.4 Å². The topological polar surface area (TPSA) is 79.9 Å². The molecule has 0 saturated carbocycles. The number of phenolic OH excluding ortho intramolecular Hbond substituents is 1. The van der Waals surface area contributed by atoms with Gasteiger partial charge in [0.15, 0.2) is 5.78 Å². The van der Waals surface area contributed by atoms with Crippen LogP contribution in [0.3, 0.4) is 0 Å². The Morgan fingerprint density at radius 2 is 1.83 bits per heavy atom. The van der Waals surface area contributed by atoms with Crippen LogP contribution in [-0.4, -0.2) is 29.2 Å². The highest BCUT2D eigenvalue weighted by molar-refractivity contribution is 14.1. The molecule has 0 saturated heterocycles. The summed E-state index contributed by atoms with van der Waals surface area (Å²) in [6, 6.07) is 8.91. The lowest BCUT2D eigenvalue weighted by atomic mass is 9.98. The van der Waals surface area contributed by atoms with E-state index in [0.717, 1.165) is 24.6 Å². The molecule has 1 heterocycles. The number of aliphatic hydroxyl groups excluding tert-OH is 1. The number of hydrogen-bond donors (Lipinski definition) is 2. The van der Waals surface area contributed by atoms with Gasteiger partial charge in [-0.2, -0.15) is 0 Å². The van der Waals surface area contributed by atoms with Gasteiger partial charge in [-0.15, -0.1) is 0 Å². The molecule has 0 amide bonds. The summed E-state index contributed by atoms with van der Waals surface area (Å²) in [4.78, 5) is 13.5. The van der Waals surface area contributed by atoms with Gasteiger partial charge in [0.1, 0.15) is 22.8 Å². The zero-order chi connectivity index (χ0) is 21.7. The highest BCUT2D eigenvalue weighted by Gasteiger charge is 2.23. The van der Waals surface area contributed by atoms with Crippen LogP contribution >= 0.6 is 45.2 Å². The number of ketones is 1. The van der Waals surface area contributed by atoms with Crippen molar-refractivity contribution in [2.45, 2.75) is 39.0 Å². The van der Waals surface area contributed by atoms with Crippen molar-refractivity contribution >= 4 is 61.9 Å². The molecule has 3 rings (SSSR count). The number of aromatic hydroxyl groups is 1. The van der Waals surface area contributed by atoms with Crippen LogP contribution in [0, 0.1) is 7.14 Å². The largest absolute Gasteiger partial charge is 0.506 e. The molecule has 160 valence electrons. The van der Waals surface area contributed by atoms with Crippen molar-refractivity contribution in [2.75, 3.05) is 13.2 Å². The average Bonchev–Trinajstić information content (AvgIpc) is 3.09. The highest BCUT2D eigenvalue weighted by atomic mass is 127. The number of carbonyl (C=O) groups is 1. The number of aryl methyl sites for hydroxylation is 1. The number of ether oxygens (including phenoxy) is 1. The zero-order valence-corrected chi connectivity index (χ0v) is 21.0. The number of rotatable bonds is 10. The molecule has 0 aliphatic heterocycles. The number of halogens is 2. The van der Waals surface area contributed by atoms with Gasteiger partial charge in [0.05, 0.1) is 19.3 Å². The third-order valence-electron chi connectivity index (χ3n) is 4.82. The molecule has 0 unspecified atom stereocenters. The van der Waals surface area contributed by atoms with Crippen molar-refractivity contribution in [1.29, 1.82) is 0 Å². The van der Waals surface area contributed by atoms with Crippen LogP contribution in [0.15, 0.2) is 34.7 Å². The first kappa shape index (κ1) is 23.3. The van der Waals surface area contributed by atoms with E-state index in [9.17, 15) is 9.90 Å². The van der Waals surface area contributed by atoms with Crippen molar-refractivity contribution in [1.82, 2.24) is 0 Å². The molecule has 0 atom stereocenters. The molecule has 0 radical (unpaired) electrons. The Morgan fingerprint density at radius 3 is 2.50 bits per heavy atom. The maximum atomic E-state index is 13.5. The maximum Gasteiger partial charge on any atom is 0.197 e. The minimum absolute atomic E-state index is 0.0768. The molecule has 0 bridgehead atoms. The minimum Gasteiger partial charge on any atom is -0.506 e. The van der Waals surface area contributed by atoms with Gasteiger partial charge < -0.3 is 19.4 Å². The summed E-state index contributed by atoms with van der Waals surface area (Å²) >= 11 is 4.07. The summed E-state index contributed by atoms with van der Waals surface area (Å²) in [5.41, 5.74) is 1.74. The number of hydrogen-bond acceptors (Lipinski definition) is 5. The van der Waals surface area contributed by atoms with Crippen LogP contribution in [0.25, 0.3) is 11.0 Å². The standard InChI is InChI=1S/C23H24I2O5/c1-2-3-4-6-19-21(22(27)14-11-17(24)23(28)18(25)12-14)16-8-7-15(13-20(16)30-19)29-10-5-9-26/h7-8,11-13,26,28H,2-6,9-10H2,1H3. The van der Waals surface area contributed by atoms with Gasteiger partial charge in [-0.05, 0) is 75.9 Å². The minimum atomic E-state index is -0.106. The number of carbonyl (C=O) groups excluding carboxylic acids is 1. The molecular weight excluding hydrogens is 610 g/mol. The van der Waals surface area contributed by atoms with Crippen LogP contribution in [0.4, 0.5) is 0 Å². The van der Waals surface area contributed by atoms with E-state index in [1.165, 1.54) is 0 Å². The van der Waals surface area contributed by atoms with Crippen molar-refractivity contribution in [3.63, 3.8) is 0 Å². The van der Waals surface area contributed by atoms with Gasteiger partial charge in [0.25, 0.3) is 0 Å². The normalized spacial score (nSPS) is 11.2. The molecule has 5 nitrogen and oxygen atoms in total. The van der Waals surface area contributed by atoms with Gasteiger partial charge in [0.2, 0.25) is 0 Å². The molecule has 3 aromatic rings. The van der Waals surface area contributed by atoms with Crippen molar-refractivity contribution < 1.29 is 24.2 Å². The SMILES string of the molecule is CCCCCc1oc2cc(OCCCO)ccc2c1C(=O)c1cc(I)c(O)c(I)c1. The Kier molecular flexibility index (Phi) is 8.41. The van der Waals surface area contributed by atoms with E-state index in [-0.39, 0.29) is 18.1 Å². The molecule has 2 aromatic carbocycles. The fraction of sp³-hybridized carbons (Fsp3) is 0.348. The van der Waals surface area contributed by atoms with Gasteiger partial charge in [-0.25, -0.2) is 0 Å². The second-order valence-corrected chi connectivity index (χ2v) is 9.38. The lowest BCUT2D eigenvalue weighted by Gasteiger charge is -2.07. The Morgan fingerprint density at radius 1 is 1.10 bits per heavy atom. The van der Waals surface area contributed by atoms with Gasteiger partial charge in [-0.3, -0.25) is 4.79 Å². The van der Waals surface area contributed by atoms with Gasteiger partial charge in [0, 0.05) is 36.5 Å². The quantitative estimate of drug-likeness (QED) is 0.161. The van der Waals surface area contributed by atoms with E-state index in [1.54, 1.807) is 18.2 Å². The number of furan rings is 1. The van der Waals surface area contributed by atoms with Crippen LogP contribution in [0.1, 0.15) is 54.3 Å². The Hall–Kier alpha value is -1.33. The molecule has 0 fully saturated rings. The van der Waals surface area contributed by atoms with Crippen molar-refractivity contribution in [3.8, 4) is 11.5 Å². The first-order valence-electron chi connectivity index (χ1n) is 9.98. The molecule has 0 aliphatic rings. The fourth-order valence-electron chi connectivity index (χ4n) is 3.27. The number of aliphatic hydroxyl groups is 1. The van der Waals surface area contributed by atoms with Crippen LogP contribution in [0.5, 0.6) is 11.5 Å². The number of unbranched alkanes of at least 4 members (excludes halogenated alkanes) is 2. The zero-order valence-electron chi connectivity index (χ0n) is 16.7. The van der Waals surface area contributed by atoms with E-state index >= 15 is 0 Å². The smallest absolute Gasteiger partial charge is 0.197 e. The second-order valence-electron chi connectivity index (χ2n) is 7.06. The monoisotopic (exact) mass is 634 g/mol. The molecule has 0 aliphatic carbocycles. The predicted molar refractivity (Wildman–Crippen MR) is 134 cm³/mol. The van der Waals surface area contributed by atoms with E-state index in [4.69, 9.17) is 14.3 Å². The predicted octanol–water partition coefficient (Wildman–Crippen LogP) is 6.07. The van der Waals surface area contributed by atoms with E-state index in [0.29, 0.717) is 54.8 Å². The molecule has 30 heavy (non-hydrogen) atoms. The summed E-state index contributed by atoms with van der Waals surface area (Å²) in [5, 5.41) is 19.8. The third-order valence-corrected chi connectivity index (χ3v) is 6.46. The summed E-state index contributed by atoms with van der Waals surface area (Å²) < 4.78 is 13.1. The van der Waals surface area contributed by atoms with E-state index < -0.39 is 0 Å². The molecular formula is C23H24I2O5. The first-order valence-corrected chi connectivity index (χ1v) is 12.1. The maximum absolute atomic E-state index is 13.5. The summed E-state index contributed by atoms with van der Waals surface area (Å²) in [6.45, 7) is 2.64. The lowest BCUT2D eigenvalue weighted by Crippen LogP contribution is -2.05. The number of phenols is 1. The van der Waals surface area contributed by atoms with E-state index in [2.05, 4.69) is 6.92 Å². The van der Waals surface area contributed by atoms with E-state index in [1.807, 2.05) is 57.3 Å². The molecule has 2 N–H and O–H groups in total. The molecule has 1 aromatic heterocycles. The summed E-state index contributed by atoms with van der Waals surface area (Å²) in [5.74, 6) is 1.43. The molecule has 7 heteroatoms. The van der Waals surface area contributed by atoms with Gasteiger partial charge >= 0.3 is 0 Å². The summed E-state index contributed by atoms with van der Waals surface area (Å²) in [6.07, 6.45) is 4.34. The highest BCUT2D eigenvalue weighted by Crippen LogP contribution is 2.34. The average molecular weight is 634 g/mol. The van der Waals surface area contributed by atoms with Crippen LogP contribution in [-0.2, 0) is 6.42 Å². The van der Waals surface area contributed by atoms with Crippen LogP contribution < -0.4 is 4.74 Å². The van der Waals surface area contributed by atoms with Gasteiger partial charge in [-0.1, -0.05) is 19.8 Å². The number of benzene rings is 2. The summed E-state index contributed by atoms with van der Waals surface area (Å²) in [7, 11) is 0. The Labute approximate surface area is 203 Å². The second kappa shape index (κ2) is 10.8.